The third-order valence-corrected chi connectivity index (χ3v) is 5.43. The third kappa shape index (κ3) is 2.77. The Morgan fingerprint density at radius 3 is 3.13 bits per heavy atom. The number of benzene rings is 1. The van der Waals surface area contributed by atoms with Gasteiger partial charge in [-0.3, -0.25) is 10.1 Å². The van der Waals surface area contributed by atoms with Crippen LogP contribution in [-0.2, 0) is 4.79 Å². The molecule has 0 saturated carbocycles. The molecule has 1 aromatic carbocycles. The van der Waals surface area contributed by atoms with Crippen LogP contribution in [0.1, 0.15) is 25.3 Å². The summed E-state index contributed by atoms with van der Waals surface area (Å²) >= 11 is 1.69. The molecule has 0 aliphatic carbocycles. The molecule has 0 spiro atoms. The number of fused-ring (bicyclic) bond motifs is 1. The van der Waals surface area contributed by atoms with Crippen molar-refractivity contribution in [2.45, 2.75) is 19.8 Å². The lowest BCUT2D eigenvalue weighted by Gasteiger charge is -2.31. The lowest BCUT2D eigenvalue weighted by atomic mass is 10.0. The quantitative estimate of drug-likeness (QED) is 0.816. The number of piperidine rings is 1. The van der Waals surface area contributed by atoms with Gasteiger partial charge in [-0.15, -0.1) is 11.3 Å². The van der Waals surface area contributed by atoms with Crippen molar-refractivity contribution in [2.24, 2.45) is 10.9 Å². The standard InChI is InChI=1S/C18H19N3OS/c1-12-5-4-8-21(10-12)18-19-15(17(22)20-18)9-13-11-23-16-7-3-2-6-14(13)16/h2-3,6-7,9,11-12H,4-5,8,10H2,1H3,(H,19,20,22)/b15-9-. The molecule has 1 aromatic heterocycles. The Morgan fingerprint density at radius 2 is 2.26 bits per heavy atom. The molecule has 2 aromatic rings. The van der Waals surface area contributed by atoms with Crippen LogP contribution in [0.25, 0.3) is 16.2 Å². The number of guanidine groups is 1. The molecule has 5 heteroatoms. The van der Waals surface area contributed by atoms with Crippen LogP contribution in [0.2, 0.25) is 0 Å². The molecule has 3 heterocycles. The molecular weight excluding hydrogens is 306 g/mol. The Morgan fingerprint density at radius 1 is 1.39 bits per heavy atom. The fourth-order valence-electron chi connectivity index (χ4n) is 3.25. The minimum Gasteiger partial charge on any atom is -0.342 e. The number of likely N-dealkylation sites (tertiary alicyclic amines) is 1. The largest absolute Gasteiger partial charge is 0.342 e. The lowest BCUT2D eigenvalue weighted by molar-refractivity contribution is -0.115. The summed E-state index contributed by atoms with van der Waals surface area (Å²) in [6.07, 6.45) is 4.31. The Hall–Kier alpha value is -2.14. The maximum Gasteiger partial charge on any atom is 0.276 e. The van der Waals surface area contributed by atoms with Crippen LogP contribution in [0, 0.1) is 5.92 Å². The van der Waals surface area contributed by atoms with Crippen LogP contribution in [0.15, 0.2) is 40.3 Å². The minimum absolute atomic E-state index is 0.103. The Kier molecular flexibility index (Phi) is 3.65. The van der Waals surface area contributed by atoms with Crippen LogP contribution in [-0.4, -0.2) is 29.9 Å². The average molecular weight is 325 g/mol. The zero-order valence-corrected chi connectivity index (χ0v) is 13.9. The molecule has 1 atom stereocenters. The fraction of sp³-hybridized carbons (Fsp3) is 0.333. The lowest BCUT2D eigenvalue weighted by Crippen LogP contribution is -2.45. The van der Waals surface area contributed by atoms with Gasteiger partial charge in [-0.05, 0) is 47.2 Å². The molecule has 0 bridgehead atoms. The summed E-state index contributed by atoms with van der Waals surface area (Å²) in [5.41, 5.74) is 1.56. The number of nitrogens with one attached hydrogen (secondary N) is 1. The second kappa shape index (κ2) is 5.81. The van der Waals surface area contributed by atoms with Gasteiger partial charge in [0.1, 0.15) is 5.70 Å². The second-order valence-electron chi connectivity index (χ2n) is 6.30. The molecule has 2 aliphatic heterocycles. The highest BCUT2D eigenvalue weighted by atomic mass is 32.1. The van der Waals surface area contributed by atoms with E-state index >= 15 is 0 Å². The number of thiophene rings is 1. The van der Waals surface area contributed by atoms with Gasteiger partial charge in [0, 0.05) is 17.8 Å². The third-order valence-electron chi connectivity index (χ3n) is 4.44. The number of aliphatic imine (C=N–C) groups is 1. The van der Waals surface area contributed by atoms with Gasteiger partial charge in [0.15, 0.2) is 0 Å². The van der Waals surface area contributed by atoms with Crippen molar-refractivity contribution in [1.82, 2.24) is 10.2 Å². The van der Waals surface area contributed by atoms with Crippen molar-refractivity contribution in [1.29, 1.82) is 0 Å². The van der Waals surface area contributed by atoms with Crippen LogP contribution in [0.3, 0.4) is 0 Å². The predicted molar refractivity (Wildman–Crippen MR) is 95.4 cm³/mol. The number of hydrogen-bond donors (Lipinski definition) is 1. The second-order valence-corrected chi connectivity index (χ2v) is 7.21. The first-order chi connectivity index (χ1) is 11.2. The Labute approximate surface area is 139 Å². The van der Waals surface area contributed by atoms with Gasteiger partial charge in [-0.25, -0.2) is 4.99 Å². The van der Waals surface area contributed by atoms with Gasteiger partial charge >= 0.3 is 0 Å². The van der Waals surface area contributed by atoms with Crippen LogP contribution >= 0.6 is 11.3 Å². The van der Waals surface area contributed by atoms with Crippen molar-refractivity contribution < 1.29 is 4.79 Å². The van der Waals surface area contributed by atoms with Crippen molar-refractivity contribution in [2.75, 3.05) is 13.1 Å². The summed E-state index contributed by atoms with van der Waals surface area (Å²) in [6, 6.07) is 8.24. The number of rotatable bonds is 1. The van der Waals surface area contributed by atoms with E-state index < -0.39 is 0 Å². The molecule has 1 N–H and O–H groups in total. The molecule has 1 unspecified atom stereocenters. The van der Waals surface area contributed by atoms with Gasteiger partial charge in [-0.1, -0.05) is 25.1 Å². The molecule has 4 rings (SSSR count). The van der Waals surface area contributed by atoms with E-state index in [0.29, 0.717) is 17.6 Å². The van der Waals surface area contributed by atoms with Crippen molar-refractivity contribution in [3.8, 4) is 0 Å². The highest BCUT2D eigenvalue weighted by Gasteiger charge is 2.27. The number of amides is 1. The van der Waals surface area contributed by atoms with Crippen molar-refractivity contribution in [3.63, 3.8) is 0 Å². The van der Waals surface area contributed by atoms with Crippen LogP contribution < -0.4 is 5.32 Å². The van der Waals surface area contributed by atoms with Crippen LogP contribution in [0.5, 0.6) is 0 Å². The molecule has 118 valence electrons. The summed E-state index contributed by atoms with van der Waals surface area (Å²) in [6.45, 7) is 4.18. The number of carbonyl (C=O) groups is 1. The maximum absolute atomic E-state index is 12.3. The van der Waals surface area contributed by atoms with E-state index in [2.05, 4.69) is 39.6 Å². The average Bonchev–Trinajstić information content (AvgIpc) is 3.13. The van der Waals surface area contributed by atoms with Gasteiger partial charge < -0.3 is 4.90 Å². The van der Waals surface area contributed by atoms with E-state index in [-0.39, 0.29) is 5.91 Å². The normalized spacial score (nSPS) is 23.4. The summed E-state index contributed by atoms with van der Waals surface area (Å²) in [4.78, 5) is 19.0. The Balaban J connectivity index is 1.64. The number of nitrogens with zero attached hydrogens (tertiary/aromatic N) is 2. The first-order valence-corrected chi connectivity index (χ1v) is 8.91. The summed E-state index contributed by atoms with van der Waals surface area (Å²) in [7, 11) is 0. The van der Waals surface area contributed by atoms with E-state index in [1.807, 2.05) is 18.2 Å². The van der Waals surface area contributed by atoms with Crippen molar-refractivity contribution >= 4 is 39.4 Å². The highest BCUT2D eigenvalue weighted by molar-refractivity contribution is 7.17. The van der Waals surface area contributed by atoms with E-state index in [1.54, 1.807) is 11.3 Å². The zero-order chi connectivity index (χ0) is 15.8. The molecular formula is C18H19N3OS. The summed E-state index contributed by atoms with van der Waals surface area (Å²) < 4.78 is 1.23. The van der Waals surface area contributed by atoms with Crippen LogP contribution in [0.4, 0.5) is 0 Å². The summed E-state index contributed by atoms with van der Waals surface area (Å²) in [5.74, 6) is 1.26. The van der Waals surface area contributed by atoms with E-state index in [1.165, 1.54) is 16.5 Å². The molecule has 2 aliphatic rings. The monoisotopic (exact) mass is 325 g/mol. The smallest absolute Gasteiger partial charge is 0.276 e. The van der Waals surface area contributed by atoms with Gasteiger partial charge in [0.2, 0.25) is 5.96 Å². The zero-order valence-electron chi connectivity index (χ0n) is 13.1. The van der Waals surface area contributed by atoms with E-state index in [9.17, 15) is 4.79 Å². The Bertz CT molecular complexity index is 821. The van der Waals surface area contributed by atoms with Gasteiger partial charge in [0.05, 0.1) is 0 Å². The fourth-order valence-corrected chi connectivity index (χ4v) is 4.16. The molecule has 4 nitrogen and oxygen atoms in total. The SMILES string of the molecule is CC1CCCN(C2=N/C(=C\c3csc4ccccc34)C(=O)N2)C1. The first-order valence-electron chi connectivity index (χ1n) is 8.03. The summed E-state index contributed by atoms with van der Waals surface area (Å²) in [5, 5.41) is 6.19. The molecule has 23 heavy (non-hydrogen) atoms. The molecule has 1 saturated heterocycles. The predicted octanol–water partition coefficient (Wildman–Crippen LogP) is 3.46. The molecule has 1 amide bonds. The minimum atomic E-state index is -0.103. The maximum atomic E-state index is 12.3. The van der Waals surface area contributed by atoms with Crippen molar-refractivity contribution in [3.05, 3.63) is 40.9 Å². The molecule has 0 radical (unpaired) electrons. The topological polar surface area (TPSA) is 44.7 Å². The number of carbonyl (C=O) groups excluding carboxylic acids is 1. The van der Waals surface area contributed by atoms with Gasteiger partial charge in [0.25, 0.3) is 5.91 Å². The van der Waals surface area contributed by atoms with E-state index in [4.69, 9.17) is 0 Å². The number of hydrogen-bond acceptors (Lipinski definition) is 4. The highest BCUT2D eigenvalue weighted by Crippen LogP contribution is 2.28. The molecule has 1 fully saturated rings. The first kappa shape index (κ1) is 14.5. The van der Waals surface area contributed by atoms with E-state index in [0.717, 1.165) is 25.1 Å². The van der Waals surface area contributed by atoms with Gasteiger partial charge in [-0.2, -0.15) is 0 Å².